The van der Waals surface area contributed by atoms with Crippen LogP contribution >= 0.6 is 19.4 Å². The maximum Gasteiger partial charge on any atom is 0.523 e. The summed E-state index contributed by atoms with van der Waals surface area (Å²) in [6.07, 6.45) is -0.484. The maximum atomic E-state index is 13.7. The van der Waals surface area contributed by atoms with Gasteiger partial charge in [-0.05, 0) is 31.4 Å². The number of aromatic nitrogens is 2. The van der Waals surface area contributed by atoms with Crippen molar-refractivity contribution in [1.29, 1.82) is 0 Å². The molecule has 272 valence electrons. The molecule has 2 rings (SSSR count). The van der Waals surface area contributed by atoms with Crippen molar-refractivity contribution in [2.75, 3.05) is 45.3 Å². The first-order valence-electron chi connectivity index (χ1n) is 13.7. The van der Waals surface area contributed by atoms with Crippen LogP contribution in [-0.2, 0) is 37.6 Å². The molecule has 0 saturated heterocycles. The number of methoxy groups -OCH3 is 1. The van der Waals surface area contributed by atoms with Crippen LogP contribution in [0.2, 0.25) is 0 Å². The molecule has 14 nitrogen and oxygen atoms in total. The molecule has 21 heteroatoms. The fourth-order valence-corrected chi connectivity index (χ4v) is 5.43. The molecule has 3 N–H and O–H groups in total. The number of ether oxygens (including phenoxy) is 1. The van der Waals surface area contributed by atoms with Crippen LogP contribution in [0, 0.1) is 5.82 Å². The molecule has 0 fully saturated rings. The monoisotopic (exact) mass is 751 g/mol. The van der Waals surface area contributed by atoms with Crippen molar-refractivity contribution in [3.63, 3.8) is 0 Å². The van der Waals surface area contributed by atoms with Crippen LogP contribution in [0.1, 0.15) is 43.9 Å². The predicted molar refractivity (Wildman–Crippen MR) is 170 cm³/mol. The van der Waals surface area contributed by atoms with Gasteiger partial charge in [-0.1, -0.05) is 26.0 Å². The third kappa shape index (κ3) is 14.3. The summed E-state index contributed by atoms with van der Waals surface area (Å²) in [6, 6.07) is 3.57. The lowest BCUT2D eigenvalue weighted by Gasteiger charge is -2.20. The van der Waals surface area contributed by atoms with Gasteiger partial charge in [0.15, 0.2) is 12.2 Å². The second-order valence-corrected chi connectivity index (χ2v) is 16.5. The van der Waals surface area contributed by atoms with Gasteiger partial charge in [0.25, 0.3) is 0 Å². The number of hydrogen-bond donors (Lipinski definition) is 3. The van der Waals surface area contributed by atoms with Crippen molar-refractivity contribution in [3.05, 3.63) is 41.3 Å². The number of rotatable bonds is 15. The minimum absolute atomic E-state index is 0.105. The number of aliphatic hydroxyl groups excluding tert-OH is 2. The molecule has 0 bridgehead atoms. The Bertz CT molecular complexity index is 1560. The summed E-state index contributed by atoms with van der Waals surface area (Å²) in [7, 11) is -4.32. The van der Waals surface area contributed by atoms with Gasteiger partial charge in [0.1, 0.15) is 25.1 Å². The predicted octanol–water partition coefficient (Wildman–Crippen LogP) is 4.81. The third-order valence-electron chi connectivity index (χ3n) is 5.65. The molecule has 48 heavy (non-hydrogen) atoms. The number of carbonyl (C=O) groups excluding carboxylic acids is 1. The Kier molecular flexibility index (Phi) is 16.9. The zero-order chi connectivity index (χ0) is 37.0. The first kappa shape index (κ1) is 43.2. The molecule has 0 amide bonds. The number of esters is 1. The number of halogens is 4. The van der Waals surface area contributed by atoms with Gasteiger partial charge in [0.2, 0.25) is 5.95 Å². The van der Waals surface area contributed by atoms with E-state index in [2.05, 4.69) is 23.8 Å². The average Bonchev–Trinajstić information content (AvgIpc) is 2.96. The lowest BCUT2D eigenvalue weighted by atomic mass is 9.96. The summed E-state index contributed by atoms with van der Waals surface area (Å²) in [4.78, 5) is 25.1. The summed E-state index contributed by atoms with van der Waals surface area (Å²) in [5.74, 6) is -1.40. The largest absolute Gasteiger partial charge is 0.523 e. The first-order chi connectivity index (χ1) is 22.0. The van der Waals surface area contributed by atoms with Crippen molar-refractivity contribution >= 4 is 47.5 Å². The van der Waals surface area contributed by atoms with Gasteiger partial charge in [0, 0.05) is 30.7 Å². The van der Waals surface area contributed by atoms with E-state index in [-0.39, 0.29) is 36.0 Å². The molecule has 2 aromatic rings. The quantitative estimate of drug-likeness (QED) is 0.0258. The zero-order valence-corrected chi connectivity index (χ0v) is 29.5. The van der Waals surface area contributed by atoms with Gasteiger partial charge in [-0.2, -0.15) is 21.6 Å². The Balaban J connectivity index is 0.000000747. The number of benzene rings is 1. The van der Waals surface area contributed by atoms with E-state index in [9.17, 15) is 50.7 Å². The number of aliphatic hydroxyl groups is 2. The van der Waals surface area contributed by atoms with Crippen molar-refractivity contribution in [2.24, 2.45) is 0 Å². The number of hydrogen-bond acceptors (Lipinski definition) is 15. The van der Waals surface area contributed by atoms with E-state index in [1.807, 2.05) is 13.8 Å². The van der Waals surface area contributed by atoms with Crippen molar-refractivity contribution < 1.29 is 68.8 Å². The Labute approximate surface area is 279 Å². The van der Waals surface area contributed by atoms with Crippen LogP contribution in [-0.4, -0.2) is 98.3 Å². The van der Waals surface area contributed by atoms with Crippen molar-refractivity contribution in [2.45, 2.75) is 50.3 Å². The highest BCUT2D eigenvalue weighted by Gasteiger charge is 2.47. The molecule has 1 aromatic heterocycles. The number of carbonyl (C=O) groups is 1. The summed E-state index contributed by atoms with van der Waals surface area (Å²) < 4.78 is 94.2. The van der Waals surface area contributed by atoms with E-state index in [4.69, 9.17) is 4.33 Å². The Morgan fingerprint density at radius 1 is 1.17 bits per heavy atom. The number of aromatic hydroxyl groups is 1. The smallest absolute Gasteiger partial charge is 0.507 e. The van der Waals surface area contributed by atoms with Gasteiger partial charge in [-0.15, -0.1) is 4.33 Å². The molecule has 0 saturated carbocycles. The summed E-state index contributed by atoms with van der Waals surface area (Å²) in [5, 5.41) is 30.9. The SMILES string of the molecule is COOSN(C)c1nc(-c2ccc(F)cc2O)c(/C=C/[C@@H](O)C[C@@H](O)CC(=O)OC)c(C(C)C)n1.CP(C)(=O)COS(=O)(=O)C(F)(F)F. The van der Waals surface area contributed by atoms with Gasteiger partial charge in [-0.25, -0.2) is 19.2 Å². The molecule has 2 atom stereocenters. The number of anilines is 1. The van der Waals surface area contributed by atoms with Gasteiger partial charge in [0.05, 0.1) is 44.2 Å². The van der Waals surface area contributed by atoms with Crippen LogP contribution in [0.15, 0.2) is 24.3 Å². The number of nitrogens with zero attached hydrogens (tertiary/aromatic N) is 3. The van der Waals surface area contributed by atoms with Gasteiger partial charge in [-0.3, -0.25) is 13.3 Å². The van der Waals surface area contributed by atoms with Crippen molar-refractivity contribution in [1.82, 2.24) is 9.97 Å². The second kappa shape index (κ2) is 18.8. The third-order valence-corrected chi connectivity index (χ3v) is 8.15. The number of alkyl halides is 3. The molecule has 1 heterocycles. The topological polar surface area (TPSA) is 195 Å². The lowest BCUT2D eigenvalue weighted by molar-refractivity contribution is -0.160. The molecule has 1 aromatic carbocycles. The number of phenolic OH excluding ortho intramolecular Hbond substituents is 1. The van der Waals surface area contributed by atoms with Crippen molar-refractivity contribution in [3.8, 4) is 17.0 Å². The minimum atomic E-state index is -5.60. The van der Waals surface area contributed by atoms with Gasteiger partial charge >= 0.3 is 21.6 Å². The molecule has 0 aliphatic rings. The van der Waals surface area contributed by atoms with E-state index in [1.54, 1.807) is 13.1 Å². The molecule has 0 aliphatic heterocycles. The highest BCUT2D eigenvalue weighted by molar-refractivity contribution is 7.95. The Hall–Kier alpha value is -2.84. The fraction of sp³-hybridized carbons (Fsp3) is 0.519. The van der Waals surface area contributed by atoms with E-state index >= 15 is 0 Å². The number of phenols is 1. The summed E-state index contributed by atoms with van der Waals surface area (Å²) in [6.45, 7) is 6.07. The molecule has 0 spiro atoms. The molecule has 0 unspecified atom stereocenters. The molecular formula is C27H38F4N3O11PS2. The van der Waals surface area contributed by atoms with E-state index in [0.717, 1.165) is 31.6 Å². The standard InChI is InChI=1S/C23H30FN3O7S.C4H8F3O4PS/c1-13(2)21-18(9-7-15(28)11-16(29)12-20(31)32-4)22(17-8-6-14(24)10-19(17)30)26-23(25-21)27(3)35-34-33-5;1-12(2,8)3-11-13(9,10)4(5,6)7/h6-10,13,15-16,28-30H,11-12H2,1-5H3;3H2,1-2H3/b9-7+;/t15-,16-;/m1./s1. The van der Waals surface area contributed by atoms with Crippen LogP contribution < -0.4 is 4.31 Å². The van der Waals surface area contributed by atoms with Crippen LogP contribution in [0.4, 0.5) is 23.5 Å². The minimum Gasteiger partial charge on any atom is -0.507 e. The lowest BCUT2D eigenvalue weighted by Crippen LogP contribution is -2.25. The van der Waals surface area contributed by atoms with Crippen LogP contribution in [0.5, 0.6) is 5.75 Å². The maximum absolute atomic E-state index is 13.7. The molecular weight excluding hydrogens is 713 g/mol. The Morgan fingerprint density at radius 3 is 2.29 bits per heavy atom. The summed E-state index contributed by atoms with van der Waals surface area (Å²) >= 11 is 0.838. The van der Waals surface area contributed by atoms with Crippen LogP contribution in [0.3, 0.4) is 0 Å². The second-order valence-electron chi connectivity index (χ2n) is 10.6. The van der Waals surface area contributed by atoms with Crippen LogP contribution in [0.25, 0.3) is 17.3 Å². The zero-order valence-electron chi connectivity index (χ0n) is 27.0. The van der Waals surface area contributed by atoms with E-state index in [0.29, 0.717) is 17.0 Å². The van der Waals surface area contributed by atoms with Gasteiger partial charge < -0.3 is 24.6 Å². The fourth-order valence-electron chi connectivity index (χ4n) is 3.43. The normalized spacial score (nSPS) is 13.6. The molecule has 0 radical (unpaired) electrons. The highest BCUT2D eigenvalue weighted by atomic mass is 32.2. The summed E-state index contributed by atoms with van der Waals surface area (Å²) in [5.41, 5.74) is -3.85. The van der Waals surface area contributed by atoms with E-state index in [1.165, 1.54) is 36.7 Å². The molecule has 0 aliphatic carbocycles. The Morgan fingerprint density at radius 2 is 1.79 bits per heavy atom. The average molecular weight is 752 g/mol. The highest BCUT2D eigenvalue weighted by Crippen LogP contribution is 2.38. The van der Waals surface area contributed by atoms with E-state index < -0.39 is 53.1 Å². The first-order valence-corrected chi connectivity index (χ1v) is 18.5.